The maximum absolute atomic E-state index is 3.74. The average Bonchev–Trinajstić information content (AvgIpc) is 2.44. The number of fused-ring (bicyclic) bond motifs is 1. The van der Waals surface area contributed by atoms with Gasteiger partial charge in [-0.3, -0.25) is 0 Å². The third-order valence-electron chi connectivity index (χ3n) is 4.34. The highest BCUT2D eigenvalue weighted by Gasteiger charge is 2.14. The Hall–Kier alpha value is -0.820. The SMILES string of the molecule is CCC(CC)NC(C)c1ccc2c(c1)CCCC2. The molecule has 1 heteroatoms. The molecule has 1 unspecified atom stereocenters. The lowest BCUT2D eigenvalue weighted by Gasteiger charge is -2.23. The van der Waals surface area contributed by atoms with Crippen molar-refractivity contribution in [2.45, 2.75) is 71.4 Å². The number of benzene rings is 1. The second-order valence-corrected chi connectivity index (χ2v) is 5.64. The van der Waals surface area contributed by atoms with Crippen molar-refractivity contribution < 1.29 is 0 Å². The van der Waals surface area contributed by atoms with Gasteiger partial charge >= 0.3 is 0 Å². The normalized spacial score (nSPS) is 16.7. The van der Waals surface area contributed by atoms with Gasteiger partial charge in [0.2, 0.25) is 0 Å². The highest BCUT2D eigenvalue weighted by atomic mass is 14.9. The number of aryl methyl sites for hydroxylation is 2. The van der Waals surface area contributed by atoms with Gasteiger partial charge < -0.3 is 5.32 Å². The van der Waals surface area contributed by atoms with Crippen LogP contribution in [0.1, 0.15) is 69.2 Å². The third-order valence-corrected chi connectivity index (χ3v) is 4.34. The van der Waals surface area contributed by atoms with Crippen molar-refractivity contribution >= 4 is 0 Å². The van der Waals surface area contributed by atoms with Crippen molar-refractivity contribution in [2.24, 2.45) is 0 Å². The molecule has 100 valence electrons. The minimum atomic E-state index is 0.474. The molecular formula is C17H27N. The Bertz CT molecular complexity index is 379. The first-order chi connectivity index (χ1) is 8.74. The number of hydrogen-bond donors (Lipinski definition) is 1. The minimum absolute atomic E-state index is 0.474. The van der Waals surface area contributed by atoms with Gasteiger partial charge in [0.25, 0.3) is 0 Å². The highest BCUT2D eigenvalue weighted by molar-refractivity contribution is 5.35. The Balaban J connectivity index is 2.08. The first kappa shape index (κ1) is 13.6. The molecule has 0 spiro atoms. The van der Waals surface area contributed by atoms with Gasteiger partial charge in [-0.2, -0.15) is 0 Å². The van der Waals surface area contributed by atoms with Crippen LogP contribution in [-0.2, 0) is 12.8 Å². The molecule has 0 aromatic heterocycles. The van der Waals surface area contributed by atoms with E-state index in [4.69, 9.17) is 0 Å². The topological polar surface area (TPSA) is 12.0 Å². The van der Waals surface area contributed by atoms with E-state index < -0.39 is 0 Å². The van der Waals surface area contributed by atoms with Crippen molar-refractivity contribution in [3.05, 3.63) is 34.9 Å². The van der Waals surface area contributed by atoms with Crippen LogP contribution in [0.25, 0.3) is 0 Å². The van der Waals surface area contributed by atoms with E-state index in [0.29, 0.717) is 12.1 Å². The van der Waals surface area contributed by atoms with Gasteiger partial charge in [-0.25, -0.2) is 0 Å². The van der Waals surface area contributed by atoms with Crippen molar-refractivity contribution in [3.8, 4) is 0 Å². The molecule has 1 atom stereocenters. The van der Waals surface area contributed by atoms with Gasteiger partial charge in [0.1, 0.15) is 0 Å². The highest BCUT2D eigenvalue weighted by Crippen LogP contribution is 2.25. The van der Waals surface area contributed by atoms with Gasteiger partial charge in [0.15, 0.2) is 0 Å². The Morgan fingerprint density at radius 1 is 1.06 bits per heavy atom. The number of hydrogen-bond acceptors (Lipinski definition) is 1. The molecule has 0 heterocycles. The lowest BCUT2D eigenvalue weighted by atomic mass is 9.89. The number of rotatable bonds is 5. The van der Waals surface area contributed by atoms with Gasteiger partial charge in [-0.05, 0) is 62.1 Å². The zero-order valence-corrected chi connectivity index (χ0v) is 12.1. The average molecular weight is 245 g/mol. The first-order valence-electron chi connectivity index (χ1n) is 7.62. The molecule has 0 radical (unpaired) electrons. The van der Waals surface area contributed by atoms with Crippen LogP contribution >= 0.6 is 0 Å². The molecule has 0 bridgehead atoms. The van der Waals surface area contributed by atoms with Gasteiger partial charge in [0.05, 0.1) is 0 Å². The van der Waals surface area contributed by atoms with Crippen LogP contribution in [-0.4, -0.2) is 6.04 Å². The van der Waals surface area contributed by atoms with E-state index >= 15 is 0 Å². The predicted octanol–water partition coefficient (Wildman–Crippen LogP) is 4.40. The number of nitrogens with one attached hydrogen (secondary N) is 1. The summed E-state index contributed by atoms with van der Waals surface area (Å²) in [5.74, 6) is 0. The molecule has 0 fully saturated rings. The second-order valence-electron chi connectivity index (χ2n) is 5.64. The van der Waals surface area contributed by atoms with E-state index in [1.54, 1.807) is 11.1 Å². The van der Waals surface area contributed by atoms with Crippen LogP contribution in [0.5, 0.6) is 0 Å². The van der Waals surface area contributed by atoms with Crippen molar-refractivity contribution in [1.82, 2.24) is 5.32 Å². The Morgan fingerprint density at radius 3 is 2.39 bits per heavy atom. The standard InChI is InChI=1S/C17H27N/c1-4-17(5-2)18-13(3)15-11-10-14-8-6-7-9-16(14)12-15/h10-13,17-18H,4-9H2,1-3H3. The van der Waals surface area contributed by atoms with E-state index in [2.05, 4.69) is 44.3 Å². The Kier molecular flexibility index (Phi) is 4.82. The quantitative estimate of drug-likeness (QED) is 0.810. The zero-order chi connectivity index (χ0) is 13.0. The molecule has 1 N–H and O–H groups in total. The molecule has 1 nitrogen and oxygen atoms in total. The second kappa shape index (κ2) is 6.38. The molecule has 2 rings (SSSR count). The lowest BCUT2D eigenvalue weighted by molar-refractivity contribution is 0.432. The lowest BCUT2D eigenvalue weighted by Crippen LogP contribution is -2.30. The monoisotopic (exact) mass is 245 g/mol. The first-order valence-corrected chi connectivity index (χ1v) is 7.62. The zero-order valence-electron chi connectivity index (χ0n) is 12.1. The smallest absolute Gasteiger partial charge is 0.0294 e. The summed E-state index contributed by atoms with van der Waals surface area (Å²) in [4.78, 5) is 0. The van der Waals surface area contributed by atoms with Crippen LogP contribution in [0.2, 0.25) is 0 Å². The summed E-state index contributed by atoms with van der Waals surface area (Å²) in [5, 5.41) is 3.74. The summed E-state index contributed by atoms with van der Waals surface area (Å²) >= 11 is 0. The molecule has 0 aliphatic heterocycles. The maximum atomic E-state index is 3.74. The van der Waals surface area contributed by atoms with Gasteiger partial charge in [-0.1, -0.05) is 32.0 Å². The summed E-state index contributed by atoms with van der Waals surface area (Å²) in [7, 11) is 0. The predicted molar refractivity (Wildman–Crippen MR) is 79.0 cm³/mol. The van der Waals surface area contributed by atoms with Crippen LogP contribution in [0.4, 0.5) is 0 Å². The van der Waals surface area contributed by atoms with Gasteiger partial charge in [-0.15, -0.1) is 0 Å². The molecule has 0 amide bonds. The molecule has 1 aliphatic rings. The van der Waals surface area contributed by atoms with Crippen LogP contribution in [0.3, 0.4) is 0 Å². The third kappa shape index (κ3) is 3.14. The summed E-state index contributed by atoms with van der Waals surface area (Å²) in [5.41, 5.74) is 4.64. The van der Waals surface area contributed by atoms with E-state index in [0.717, 1.165) is 0 Å². The van der Waals surface area contributed by atoms with Crippen LogP contribution in [0, 0.1) is 0 Å². The van der Waals surface area contributed by atoms with Crippen molar-refractivity contribution in [1.29, 1.82) is 0 Å². The van der Waals surface area contributed by atoms with E-state index in [1.807, 2.05) is 0 Å². The summed E-state index contributed by atoms with van der Waals surface area (Å²) in [6.45, 7) is 6.82. The maximum Gasteiger partial charge on any atom is 0.0294 e. The van der Waals surface area contributed by atoms with Crippen molar-refractivity contribution in [3.63, 3.8) is 0 Å². The van der Waals surface area contributed by atoms with Crippen molar-refractivity contribution in [2.75, 3.05) is 0 Å². The van der Waals surface area contributed by atoms with Gasteiger partial charge in [0, 0.05) is 12.1 Å². The molecule has 0 saturated heterocycles. The molecular weight excluding hydrogens is 218 g/mol. The minimum Gasteiger partial charge on any atom is -0.307 e. The molecule has 1 aliphatic carbocycles. The molecule has 1 aromatic carbocycles. The van der Waals surface area contributed by atoms with Crippen LogP contribution in [0.15, 0.2) is 18.2 Å². The molecule has 18 heavy (non-hydrogen) atoms. The van der Waals surface area contributed by atoms with E-state index in [1.165, 1.54) is 44.1 Å². The Labute approximate surface area is 112 Å². The summed E-state index contributed by atoms with van der Waals surface area (Å²) in [6, 6.07) is 8.24. The fourth-order valence-corrected chi connectivity index (χ4v) is 3.00. The van der Waals surface area contributed by atoms with Crippen LogP contribution < -0.4 is 5.32 Å². The van der Waals surface area contributed by atoms with E-state index in [9.17, 15) is 0 Å². The molecule has 1 aromatic rings. The largest absolute Gasteiger partial charge is 0.307 e. The summed E-state index contributed by atoms with van der Waals surface area (Å²) < 4.78 is 0. The fourth-order valence-electron chi connectivity index (χ4n) is 3.00. The molecule has 0 saturated carbocycles. The fraction of sp³-hybridized carbons (Fsp3) is 0.647. The van der Waals surface area contributed by atoms with E-state index in [-0.39, 0.29) is 0 Å². The Morgan fingerprint density at radius 2 is 1.72 bits per heavy atom. The summed E-state index contributed by atoms with van der Waals surface area (Å²) in [6.07, 6.45) is 7.72.